The van der Waals surface area contributed by atoms with Crippen LogP contribution >= 0.6 is 11.3 Å². The molecule has 0 fully saturated rings. The second-order valence-electron chi connectivity index (χ2n) is 2.17. The van der Waals surface area contributed by atoms with Gasteiger partial charge in [-0.1, -0.05) is 6.07 Å². The van der Waals surface area contributed by atoms with Crippen molar-refractivity contribution in [3.05, 3.63) is 34.9 Å². The minimum absolute atomic E-state index is 0.0425. The molecule has 13 heavy (non-hydrogen) atoms. The summed E-state index contributed by atoms with van der Waals surface area (Å²) >= 11 is 1.32. The van der Waals surface area contributed by atoms with Crippen molar-refractivity contribution in [2.75, 3.05) is 6.61 Å². The van der Waals surface area contributed by atoms with Crippen molar-refractivity contribution in [3.8, 4) is 0 Å². The number of ether oxygens (including phenoxy) is 2. The average Bonchev–Trinajstić information content (AvgIpc) is 2.55. The van der Waals surface area contributed by atoms with Gasteiger partial charge in [0.2, 0.25) is 0 Å². The second kappa shape index (κ2) is 4.67. The fraction of sp³-hybridized carbons (Fsp3) is 0.222. The Hall–Kier alpha value is -1.29. The molecule has 0 aliphatic heterocycles. The van der Waals surface area contributed by atoms with Crippen LogP contribution in [-0.2, 0) is 9.47 Å². The van der Waals surface area contributed by atoms with E-state index in [0.29, 0.717) is 11.5 Å². The highest BCUT2D eigenvalue weighted by Crippen LogP contribution is 2.11. The standard InChI is InChI=1S/C9H10O3S/c1-3-11-7(2)12-9(10)8-5-4-6-13-8/h4-6H,2-3H2,1H3. The van der Waals surface area contributed by atoms with E-state index in [1.165, 1.54) is 11.3 Å². The summed E-state index contributed by atoms with van der Waals surface area (Å²) in [5.41, 5.74) is 0. The van der Waals surface area contributed by atoms with Crippen molar-refractivity contribution >= 4 is 17.3 Å². The SMILES string of the molecule is C=C(OCC)OC(=O)c1cccs1. The Morgan fingerprint density at radius 2 is 2.46 bits per heavy atom. The normalized spacial score (nSPS) is 9.31. The van der Waals surface area contributed by atoms with Crippen LogP contribution in [0.1, 0.15) is 16.6 Å². The number of hydrogen-bond donors (Lipinski definition) is 0. The van der Waals surface area contributed by atoms with E-state index in [1.54, 1.807) is 24.4 Å². The lowest BCUT2D eigenvalue weighted by molar-refractivity contribution is 0.0297. The highest BCUT2D eigenvalue weighted by molar-refractivity contribution is 7.11. The van der Waals surface area contributed by atoms with Gasteiger partial charge in [0.25, 0.3) is 5.95 Å². The summed E-state index contributed by atoms with van der Waals surface area (Å²) in [5, 5.41) is 1.81. The molecule has 0 bridgehead atoms. The van der Waals surface area contributed by atoms with Gasteiger partial charge in [0, 0.05) is 0 Å². The third kappa shape index (κ3) is 2.91. The number of hydrogen-bond acceptors (Lipinski definition) is 4. The van der Waals surface area contributed by atoms with Gasteiger partial charge in [0.05, 0.1) is 6.61 Å². The molecule has 1 aromatic heterocycles. The van der Waals surface area contributed by atoms with E-state index < -0.39 is 5.97 Å². The fourth-order valence-corrected chi connectivity index (χ4v) is 1.34. The molecule has 0 atom stereocenters. The second-order valence-corrected chi connectivity index (χ2v) is 3.12. The number of carbonyl (C=O) groups is 1. The van der Waals surface area contributed by atoms with E-state index in [9.17, 15) is 4.79 Å². The van der Waals surface area contributed by atoms with Crippen LogP contribution in [0.15, 0.2) is 30.0 Å². The van der Waals surface area contributed by atoms with E-state index >= 15 is 0 Å². The lowest BCUT2D eigenvalue weighted by Crippen LogP contribution is -2.04. The van der Waals surface area contributed by atoms with Crippen molar-refractivity contribution in [1.82, 2.24) is 0 Å². The van der Waals surface area contributed by atoms with E-state index in [2.05, 4.69) is 6.58 Å². The maximum atomic E-state index is 11.2. The van der Waals surface area contributed by atoms with Gasteiger partial charge in [-0.2, -0.15) is 0 Å². The largest absolute Gasteiger partial charge is 0.466 e. The molecule has 0 amide bonds. The molecule has 0 N–H and O–H groups in total. The molecule has 4 heteroatoms. The Labute approximate surface area is 80.6 Å². The summed E-state index contributed by atoms with van der Waals surface area (Å²) in [4.78, 5) is 11.8. The number of esters is 1. The molecule has 0 radical (unpaired) electrons. The van der Waals surface area contributed by atoms with Crippen LogP contribution in [0.2, 0.25) is 0 Å². The predicted octanol–water partition coefficient (Wildman–Crippen LogP) is 2.41. The molecule has 1 rings (SSSR count). The van der Waals surface area contributed by atoms with Crippen molar-refractivity contribution in [2.24, 2.45) is 0 Å². The average molecular weight is 198 g/mol. The maximum absolute atomic E-state index is 11.2. The van der Waals surface area contributed by atoms with Crippen molar-refractivity contribution < 1.29 is 14.3 Å². The summed E-state index contributed by atoms with van der Waals surface area (Å²) in [7, 11) is 0. The highest BCUT2D eigenvalue weighted by Gasteiger charge is 2.09. The third-order valence-electron chi connectivity index (χ3n) is 1.23. The number of carbonyl (C=O) groups excluding carboxylic acids is 1. The molecule has 0 aromatic carbocycles. The monoisotopic (exact) mass is 198 g/mol. The van der Waals surface area contributed by atoms with Gasteiger partial charge in [0.1, 0.15) is 4.88 Å². The molecule has 1 aromatic rings. The Morgan fingerprint density at radius 1 is 1.69 bits per heavy atom. The van der Waals surface area contributed by atoms with Gasteiger partial charge < -0.3 is 9.47 Å². The Morgan fingerprint density at radius 3 is 3.00 bits per heavy atom. The molecule has 0 aliphatic rings. The fourth-order valence-electron chi connectivity index (χ4n) is 0.739. The van der Waals surface area contributed by atoms with Gasteiger partial charge in [0.15, 0.2) is 0 Å². The zero-order chi connectivity index (χ0) is 9.68. The van der Waals surface area contributed by atoms with Crippen LogP contribution in [0, 0.1) is 0 Å². The van der Waals surface area contributed by atoms with Crippen LogP contribution in [0.3, 0.4) is 0 Å². The Balaban J connectivity index is 2.47. The zero-order valence-electron chi connectivity index (χ0n) is 7.28. The summed E-state index contributed by atoms with van der Waals surface area (Å²) in [6.07, 6.45) is 0. The first-order chi connectivity index (χ1) is 6.24. The first kappa shape index (κ1) is 9.80. The summed E-state index contributed by atoms with van der Waals surface area (Å²) in [6, 6.07) is 3.47. The number of rotatable bonds is 4. The van der Waals surface area contributed by atoms with E-state index in [0.717, 1.165) is 0 Å². The van der Waals surface area contributed by atoms with E-state index in [-0.39, 0.29) is 5.95 Å². The van der Waals surface area contributed by atoms with Crippen LogP contribution < -0.4 is 0 Å². The Kier molecular flexibility index (Phi) is 3.52. The zero-order valence-corrected chi connectivity index (χ0v) is 8.10. The Bertz CT molecular complexity index is 290. The molecule has 0 spiro atoms. The van der Waals surface area contributed by atoms with Gasteiger partial charge >= 0.3 is 5.97 Å². The third-order valence-corrected chi connectivity index (χ3v) is 2.08. The maximum Gasteiger partial charge on any atom is 0.356 e. The molecule has 0 unspecified atom stereocenters. The molecule has 3 nitrogen and oxygen atoms in total. The van der Waals surface area contributed by atoms with Crippen LogP contribution in [0.25, 0.3) is 0 Å². The molecule has 0 aliphatic carbocycles. The summed E-state index contributed by atoms with van der Waals surface area (Å²) in [5.74, 6) is -0.380. The smallest absolute Gasteiger partial charge is 0.356 e. The minimum Gasteiger partial charge on any atom is -0.466 e. The lowest BCUT2D eigenvalue weighted by atomic mass is 10.5. The van der Waals surface area contributed by atoms with Crippen LogP contribution in [0.4, 0.5) is 0 Å². The van der Waals surface area contributed by atoms with Crippen molar-refractivity contribution in [3.63, 3.8) is 0 Å². The van der Waals surface area contributed by atoms with Gasteiger partial charge in [-0.15, -0.1) is 11.3 Å². The first-order valence-corrected chi connectivity index (χ1v) is 4.69. The topological polar surface area (TPSA) is 35.5 Å². The minimum atomic E-state index is -0.423. The van der Waals surface area contributed by atoms with Crippen molar-refractivity contribution in [1.29, 1.82) is 0 Å². The molecular formula is C9H10O3S. The van der Waals surface area contributed by atoms with Crippen molar-refractivity contribution in [2.45, 2.75) is 6.92 Å². The van der Waals surface area contributed by atoms with E-state index in [1.807, 2.05) is 0 Å². The van der Waals surface area contributed by atoms with Crippen LogP contribution in [-0.4, -0.2) is 12.6 Å². The first-order valence-electron chi connectivity index (χ1n) is 3.81. The quantitative estimate of drug-likeness (QED) is 0.550. The molecule has 0 saturated carbocycles. The molecule has 70 valence electrons. The van der Waals surface area contributed by atoms with Gasteiger partial charge in [-0.25, -0.2) is 4.79 Å². The van der Waals surface area contributed by atoms with Gasteiger partial charge in [-0.05, 0) is 24.9 Å². The number of thiophene rings is 1. The summed E-state index contributed by atoms with van der Waals surface area (Å²) < 4.78 is 9.67. The highest BCUT2D eigenvalue weighted by atomic mass is 32.1. The van der Waals surface area contributed by atoms with Gasteiger partial charge in [-0.3, -0.25) is 0 Å². The summed E-state index contributed by atoms with van der Waals surface area (Å²) in [6.45, 7) is 5.67. The van der Waals surface area contributed by atoms with E-state index in [4.69, 9.17) is 9.47 Å². The predicted molar refractivity (Wildman–Crippen MR) is 50.5 cm³/mol. The lowest BCUT2D eigenvalue weighted by Gasteiger charge is -2.05. The molecule has 0 saturated heterocycles. The molecule has 1 heterocycles. The molecular weight excluding hydrogens is 188 g/mol. The van der Waals surface area contributed by atoms with Crippen LogP contribution in [0.5, 0.6) is 0 Å².